The lowest BCUT2D eigenvalue weighted by Gasteiger charge is -2.11. The zero-order chi connectivity index (χ0) is 18.6. The Bertz CT molecular complexity index is 859. The number of primary amides is 1. The average Bonchev–Trinajstić information content (AvgIpc) is 2.55. The lowest BCUT2D eigenvalue weighted by Crippen LogP contribution is -2.22. The number of nitrogens with two attached hydrogens (primary N) is 1. The van der Waals surface area contributed by atoms with Crippen molar-refractivity contribution in [1.82, 2.24) is 0 Å². The van der Waals surface area contributed by atoms with Crippen LogP contribution >= 0.6 is 27.5 Å². The van der Waals surface area contributed by atoms with Gasteiger partial charge in [0.25, 0.3) is 17.5 Å². The minimum Gasteiger partial charge on any atom is -0.483 e. The highest BCUT2D eigenvalue weighted by Gasteiger charge is 2.14. The van der Waals surface area contributed by atoms with E-state index in [0.717, 1.165) is 0 Å². The van der Waals surface area contributed by atoms with Gasteiger partial charge in [0.2, 0.25) is 0 Å². The molecule has 0 fully saturated rings. The van der Waals surface area contributed by atoms with Gasteiger partial charge in [-0.1, -0.05) is 11.6 Å². The number of rotatable bonds is 6. The van der Waals surface area contributed by atoms with Crippen molar-refractivity contribution in [3.05, 3.63) is 61.6 Å². The first-order chi connectivity index (χ1) is 11.8. The maximum atomic E-state index is 12.0. The van der Waals surface area contributed by atoms with Crippen LogP contribution in [0.2, 0.25) is 5.02 Å². The number of nitro benzene ring substituents is 1. The van der Waals surface area contributed by atoms with Gasteiger partial charge in [-0.2, -0.15) is 0 Å². The zero-order valence-corrected chi connectivity index (χ0v) is 14.8. The maximum absolute atomic E-state index is 12.0. The van der Waals surface area contributed by atoms with Crippen LogP contribution in [0.5, 0.6) is 5.75 Å². The Balaban J connectivity index is 2.04. The number of halogens is 2. The van der Waals surface area contributed by atoms with Crippen molar-refractivity contribution < 1.29 is 19.2 Å². The van der Waals surface area contributed by atoms with E-state index in [1.807, 2.05) is 0 Å². The van der Waals surface area contributed by atoms with Gasteiger partial charge in [-0.05, 0) is 40.2 Å². The van der Waals surface area contributed by atoms with Gasteiger partial charge in [0, 0.05) is 21.6 Å². The molecule has 8 nitrogen and oxygen atoms in total. The molecule has 0 aromatic heterocycles. The van der Waals surface area contributed by atoms with Gasteiger partial charge in [0.1, 0.15) is 5.75 Å². The standard InChI is InChI=1S/C15H11BrClN3O5/c16-11-6-9(20(23)24)2-3-12(11)19-14(21)7-25-13-4-1-8(17)5-10(13)15(18)22/h1-6H,7H2,(H2,18,22)(H,19,21). The molecule has 0 radical (unpaired) electrons. The summed E-state index contributed by atoms with van der Waals surface area (Å²) >= 11 is 8.93. The summed E-state index contributed by atoms with van der Waals surface area (Å²) in [4.78, 5) is 33.5. The van der Waals surface area contributed by atoms with E-state index in [1.165, 1.54) is 36.4 Å². The van der Waals surface area contributed by atoms with Crippen molar-refractivity contribution >= 4 is 50.7 Å². The Hall–Kier alpha value is -2.65. The third-order valence-electron chi connectivity index (χ3n) is 3.00. The SMILES string of the molecule is NC(=O)c1cc(Cl)ccc1OCC(=O)Nc1ccc([N+](=O)[O-])cc1Br. The third kappa shape index (κ3) is 4.91. The molecule has 2 aromatic carbocycles. The highest BCUT2D eigenvalue weighted by Crippen LogP contribution is 2.27. The van der Waals surface area contributed by atoms with Gasteiger partial charge in [0.05, 0.1) is 16.2 Å². The van der Waals surface area contributed by atoms with E-state index < -0.39 is 23.3 Å². The fourth-order valence-electron chi connectivity index (χ4n) is 1.87. The summed E-state index contributed by atoms with van der Waals surface area (Å²) in [5, 5.41) is 13.5. The smallest absolute Gasteiger partial charge is 0.270 e. The average molecular weight is 429 g/mol. The topological polar surface area (TPSA) is 125 Å². The molecule has 0 aliphatic rings. The van der Waals surface area contributed by atoms with Gasteiger partial charge in [-0.15, -0.1) is 0 Å². The van der Waals surface area contributed by atoms with Gasteiger partial charge >= 0.3 is 0 Å². The Labute approximate surface area is 155 Å². The summed E-state index contributed by atoms with van der Waals surface area (Å²) in [5.41, 5.74) is 5.51. The second-order valence-electron chi connectivity index (χ2n) is 4.76. The van der Waals surface area contributed by atoms with Crippen molar-refractivity contribution in [3.63, 3.8) is 0 Å². The summed E-state index contributed by atoms with van der Waals surface area (Å²) in [5.74, 6) is -1.15. The number of nitrogens with one attached hydrogen (secondary N) is 1. The van der Waals surface area contributed by atoms with Crippen LogP contribution in [0.4, 0.5) is 11.4 Å². The number of carbonyl (C=O) groups excluding carboxylic acids is 2. The van der Waals surface area contributed by atoms with Gasteiger partial charge in [-0.3, -0.25) is 19.7 Å². The summed E-state index contributed by atoms with van der Waals surface area (Å²) in [6.45, 7) is -0.397. The molecule has 0 saturated carbocycles. The number of amides is 2. The Morgan fingerprint density at radius 3 is 2.60 bits per heavy atom. The van der Waals surface area contributed by atoms with Crippen LogP contribution in [-0.4, -0.2) is 23.3 Å². The summed E-state index contributed by atoms with van der Waals surface area (Å²) < 4.78 is 5.64. The van der Waals surface area contributed by atoms with Gasteiger partial charge in [0.15, 0.2) is 6.61 Å². The van der Waals surface area contributed by atoms with Crippen LogP contribution < -0.4 is 15.8 Å². The number of hydrogen-bond acceptors (Lipinski definition) is 5. The first-order valence-corrected chi connectivity index (χ1v) is 7.91. The number of benzene rings is 2. The fraction of sp³-hybridized carbons (Fsp3) is 0.0667. The van der Waals surface area contributed by atoms with E-state index in [4.69, 9.17) is 22.1 Å². The molecule has 0 aliphatic carbocycles. The van der Waals surface area contributed by atoms with E-state index in [0.29, 0.717) is 15.2 Å². The van der Waals surface area contributed by atoms with Crippen LogP contribution in [0.25, 0.3) is 0 Å². The first-order valence-electron chi connectivity index (χ1n) is 6.74. The molecule has 2 amide bonds. The van der Waals surface area contributed by atoms with Crippen molar-refractivity contribution in [1.29, 1.82) is 0 Å². The molecule has 2 rings (SSSR count). The normalized spacial score (nSPS) is 10.2. The number of non-ortho nitro benzene ring substituents is 1. The largest absolute Gasteiger partial charge is 0.483 e. The molecule has 0 saturated heterocycles. The predicted octanol–water partition coefficient (Wildman–Crippen LogP) is 3.13. The third-order valence-corrected chi connectivity index (χ3v) is 3.89. The van der Waals surface area contributed by atoms with Crippen LogP contribution in [0.3, 0.4) is 0 Å². The zero-order valence-electron chi connectivity index (χ0n) is 12.5. The molecular formula is C15H11BrClN3O5. The first kappa shape index (κ1) is 18.7. The maximum Gasteiger partial charge on any atom is 0.270 e. The second-order valence-corrected chi connectivity index (χ2v) is 6.05. The highest BCUT2D eigenvalue weighted by atomic mass is 79.9. The predicted molar refractivity (Wildman–Crippen MR) is 94.9 cm³/mol. The van der Waals surface area contributed by atoms with E-state index >= 15 is 0 Å². The molecule has 0 unspecified atom stereocenters. The van der Waals surface area contributed by atoms with Crippen molar-refractivity contribution in [2.45, 2.75) is 0 Å². The van der Waals surface area contributed by atoms with E-state index in [-0.39, 0.29) is 17.0 Å². The van der Waals surface area contributed by atoms with Gasteiger partial charge in [-0.25, -0.2) is 0 Å². The van der Waals surface area contributed by atoms with E-state index in [2.05, 4.69) is 21.2 Å². The Morgan fingerprint density at radius 1 is 1.28 bits per heavy atom. The molecule has 0 atom stereocenters. The quantitative estimate of drug-likeness (QED) is 0.540. The second kappa shape index (κ2) is 7.95. The van der Waals surface area contributed by atoms with Crippen LogP contribution in [0, 0.1) is 10.1 Å². The number of carbonyl (C=O) groups is 2. The molecule has 0 aliphatic heterocycles. The van der Waals surface area contributed by atoms with E-state index in [1.54, 1.807) is 0 Å². The number of nitro groups is 1. The minimum absolute atomic E-state index is 0.0526. The van der Waals surface area contributed by atoms with Gasteiger partial charge < -0.3 is 15.8 Å². The highest BCUT2D eigenvalue weighted by molar-refractivity contribution is 9.10. The van der Waals surface area contributed by atoms with Crippen molar-refractivity contribution in [2.75, 3.05) is 11.9 Å². The lowest BCUT2D eigenvalue weighted by molar-refractivity contribution is -0.384. The van der Waals surface area contributed by atoms with Crippen LogP contribution in [-0.2, 0) is 4.79 Å². The molecule has 130 valence electrons. The molecule has 0 heterocycles. The summed E-state index contributed by atoms with van der Waals surface area (Å²) in [6.07, 6.45) is 0. The lowest BCUT2D eigenvalue weighted by atomic mass is 10.2. The minimum atomic E-state index is -0.740. The molecule has 10 heteroatoms. The molecule has 25 heavy (non-hydrogen) atoms. The van der Waals surface area contributed by atoms with Crippen LogP contribution in [0.15, 0.2) is 40.9 Å². The fourth-order valence-corrected chi connectivity index (χ4v) is 2.51. The molecular weight excluding hydrogens is 418 g/mol. The van der Waals surface area contributed by atoms with Crippen LogP contribution in [0.1, 0.15) is 10.4 Å². The number of nitrogens with zero attached hydrogens (tertiary/aromatic N) is 1. The van der Waals surface area contributed by atoms with Crippen molar-refractivity contribution in [2.24, 2.45) is 5.73 Å². The van der Waals surface area contributed by atoms with Crippen molar-refractivity contribution in [3.8, 4) is 5.75 Å². The van der Waals surface area contributed by atoms with E-state index in [9.17, 15) is 19.7 Å². The molecule has 3 N–H and O–H groups in total. The Morgan fingerprint density at radius 2 is 2.00 bits per heavy atom. The summed E-state index contributed by atoms with van der Waals surface area (Å²) in [6, 6.07) is 8.17. The molecule has 0 spiro atoms. The summed E-state index contributed by atoms with van der Waals surface area (Å²) in [7, 11) is 0. The molecule has 2 aromatic rings. The Kier molecular flexibility index (Phi) is 5.94. The number of ether oxygens (including phenoxy) is 1. The number of anilines is 1. The molecule has 0 bridgehead atoms. The monoisotopic (exact) mass is 427 g/mol. The number of hydrogen-bond donors (Lipinski definition) is 2.